The van der Waals surface area contributed by atoms with Gasteiger partial charge in [-0.15, -0.1) is 0 Å². The van der Waals surface area contributed by atoms with E-state index in [1.807, 2.05) is 0 Å². The lowest BCUT2D eigenvalue weighted by Gasteiger charge is -2.34. The smallest absolute Gasteiger partial charge is 0.186 e. The second-order valence-electron chi connectivity index (χ2n) is 6.40. The number of anilines is 1. The third kappa shape index (κ3) is 3.04. The summed E-state index contributed by atoms with van der Waals surface area (Å²) in [6, 6.07) is 0. The Morgan fingerprint density at radius 1 is 1.22 bits per heavy atom. The molecule has 0 fully saturated rings. The van der Waals surface area contributed by atoms with Gasteiger partial charge in [0.1, 0.15) is 0 Å². The molecule has 0 radical (unpaired) electrons. The van der Waals surface area contributed by atoms with Crippen molar-refractivity contribution in [2.45, 2.75) is 65.5 Å². The SMILES string of the molecule is CCC(C)(C)N(C)c1nc(C(C)(C)C)c(CO)s1. The van der Waals surface area contributed by atoms with Crippen LogP contribution < -0.4 is 4.90 Å². The molecule has 1 rings (SSSR count). The highest BCUT2D eigenvalue weighted by Gasteiger charge is 2.28. The first-order valence-corrected chi connectivity index (χ1v) is 7.30. The minimum atomic E-state index is -0.0238. The molecular weight excluding hydrogens is 244 g/mol. The Balaban J connectivity index is 3.17. The van der Waals surface area contributed by atoms with Crippen molar-refractivity contribution in [2.24, 2.45) is 0 Å². The van der Waals surface area contributed by atoms with Crippen LogP contribution in [0.3, 0.4) is 0 Å². The lowest BCUT2D eigenvalue weighted by molar-refractivity contribution is 0.282. The molecule has 1 heterocycles. The van der Waals surface area contributed by atoms with Gasteiger partial charge in [0.25, 0.3) is 0 Å². The molecule has 0 aliphatic carbocycles. The first-order chi connectivity index (χ1) is 8.13. The zero-order valence-corrected chi connectivity index (χ0v) is 13.5. The maximum absolute atomic E-state index is 9.49. The molecule has 0 aromatic carbocycles. The average molecular weight is 270 g/mol. The van der Waals surface area contributed by atoms with E-state index in [2.05, 4.69) is 53.5 Å². The number of thiazole rings is 1. The number of rotatable bonds is 4. The van der Waals surface area contributed by atoms with Crippen LogP contribution in [0.25, 0.3) is 0 Å². The molecule has 0 amide bonds. The standard InChI is InChI=1S/C14H26N2OS/c1-8-14(5,6)16(7)12-15-11(13(2,3)4)10(9-17)18-12/h17H,8-9H2,1-7H3. The number of hydrogen-bond acceptors (Lipinski definition) is 4. The van der Waals surface area contributed by atoms with Crippen LogP contribution in [0, 0.1) is 0 Å². The summed E-state index contributed by atoms with van der Waals surface area (Å²) in [5.74, 6) is 0. The summed E-state index contributed by atoms with van der Waals surface area (Å²) < 4.78 is 0. The van der Waals surface area contributed by atoms with Crippen molar-refractivity contribution in [2.75, 3.05) is 11.9 Å². The van der Waals surface area contributed by atoms with Crippen LogP contribution in [-0.4, -0.2) is 22.7 Å². The van der Waals surface area contributed by atoms with Gasteiger partial charge in [0.2, 0.25) is 0 Å². The second kappa shape index (κ2) is 5.17. The van der Waals surface area contributed by atoms with Crippen LogP contribution in [0.1, 0.15) is 58.5 Å². The lowest BCUT2D eigenvalue weighted by atomic mass is 9.91. The lowest BCUT2D eigenvalue weighted by Crippen LogP contribution is -2.40. The molecule has 18 heavy (non-hydrogen) atoms. The molecule has 0 saturated carbocycles. The third-order valence-corrected chi connectivity index (χ3v) is 4.72. The Morgan fingerprint density at radius 3 is 2.11 bits per heavy atom. The first kappa shape index (κ1) is 15.4. The van der Waals surface area contributed by atoms with Crippen LogP contribution in [0.2, 0.25) is 0 Å². The fourth-order valence-electron chi connectivity index (χ4n) is 1.67. The Labute approximate surface area is 115 Å². The molecule has 4 heteroatoms. The quantitative estimate of drug-likeness (QED) is 0.909. The highest BCUT2D eigenvalue weighted by Crippen LogP contribution is 2.36. The molecule has 0 bridgehead atoms. The number of aromatic nitrogens is 1. The summed E-state index contributed by atoms with van der Waals surface area (Å²) in [4.78, 5) is 7.95. The van der Waals surface area contributed by atoms with E-state index in [0.29, 0.717) is 0 Å². The van der Waals surface area contributed by atoms with Gasteiger partial charge in [0.05, 0.1) is 17.2 Å². The van der Waals surface area contributed by atoms with Gasteiger partial charge in [-0.1, -0.05) is 39.0 Å². The summed E-state index contributed by atoms with van der Waals surface area (Å²) in [7, 11) is 2.08. The number of aliphatic hydroxyl groups excluding tert-OH is 1. The number of hydrogen-bond donors (Lipinski definition) is 1. The van der Waals surface area contributed by atoms with Crippen molar-refractivity contribution in [1.82, 2.24) is 4.98 Å². The predicted molar refractivity (Wildman–Crippen MR) is 79.5 cm³/mol. The van der Waals surface area contributed by atoms with E-state index in [0.717, 1.165) is 22.1 Å². The summed E-state index contributed by atoms with van der Waals surface area (Å²) >= 11 is 1.60. The fourth-order valence-corrected chi connectivity index (χ4v) is 2.93. The van der Waals surface area contributed by atoms with E-state index in [9.17, 15) is 5.11 Å². The predicted octanol–water partition coefficient (Wildman–Crippen LogP) is 3.56. The maximum atomic E-state index is 9.49. The van der Waals surface area contributed by atoms with E-state index in [4.69, 9.17) is 4.98 Å². The topological polar surface area (TPSA) is 36.4 Å². The van der Waals surface area contributed by atoms with E-state index < -0.39 is 0 Å². The van der Waals surface area contributed by atoms with Gasteiger partial charge in [-0.05, 0) is 20.3 Å². The minimum absolute atomic E-state index is 0.0238. The molecule has 0 unspecified atom stereocenters. The van der Waals surface area contributed by atoms with Crippen LogP contribution in [0.5, 0.6) is 0 Å². The van der Waals surface area contributed by atoms with Gasteiger partial charge in [-0.3, -0.25) is 0 Å². The molecule has 0 spiro atoms. The monoisotopic (exact) mass is 270 g/mol. The summed E-state index contributed by atoms with van der Waals surface area (Å²) in [5, 5.41) is 10.5. The highest BCUT2D eigenvalue weighted by molar-refractivity contribution is 7.15. The molecule has 0 aliphatic rings. The Hall–Kier alpha value is -0.610. The van der Waals surface area contributed by atoms with Gasteiger partial charge in [0.15, 0.2) is 5.13 Å². The summed E-state index contributed by atoms with van der Waals surface area (Å²) in [6.45, 7) is 13.1. The van der Waals surface area contributed by atoms with Crippen LogP contribution in [0.15, 0.2) is 0 Å². The Bertz CT molecular complexity index is 404. The molecule has 1 N–H and O–H groups in total. The van der Waals surface area contributed by atoms with Crippen LogP contribution >= 0.6 is 11.3 Å². The highest BCUT2D eigenvalue weighted by atomic mass is 32.1. The second-order valence-corrected chi connectivity index (χ2v) is 7.46. The van der Waals surface area contributed by atoms with Gasteiger partial charge >= 0.3 is 0 Å². The third-order valence-electron chi connectivity index (χ3n) is 3.60. The Kier molecular flexibility index (Phi) is 4.44. The van der Waals surface area contributed by atoms with Crippen molar-refractivity contribution in [3.63, 3.8) is 0 Å². The van der Waals surface area contributed by atoms with Crippen LogP contribution in [0.4, 0.5) is 5.13 Å². The largest absolute Gasteiger partial charge is 0.391 e. The van der Waals surface area contributed by atoms with Gasteiger partial charge < -0.3 is 10.0 Å². The van der Waals surface area contributed by atoms with Crippen molar-refractivity contribution in [1.29, 1.82) is 0 Å². The molecule has 0 atom stereocenters. The summed E-state index contributed by atoms with van der Waals surface area (Å²) in [5.41, 5.74) is 1.08. The van der Waals surface area contributed by atoms with E-state index in [1.54, 1.807) is 11.3 Å². The van der Waals surface area contributed by atoms with Gasteiger partial charge in [-0.25, -0.2) is 4.98 Å². The van der Waals surface area contributed by atoms with E-state index in [-0.39, 0.29) is 17.6 Å². The Morgan fingerprint density at radius 2 is 1.78 bits per heavy atom. The van der Waals surface area contributed by atoms with Crippen molar-refractivity contribution in [3.8, 4) is 0 Å². The molecular formula is C14H26N2OS. The zero-order chi connectivity index (χ0) is 14.1. The molecule has 104 valence electrons. The van der Waals surface area contributed by atoms with E-state index >= 15 is 0 Å². The van der Waals surface area contributed by atoms with E-state index in [1.165, 1.54) is 0 Å². The molecule has 1 aromatic rings. The molecule has 0 aliphatic heterocycles. The summed E-state index contributed by atoms with van der Waals surface area (Å²) in [6.07, 6.45) is 1.06. The van der Waals surface area contributed by atoms with Gasteiger partial charge in [-0.2, -0.15) is 0 Å². The molecule has 0 saturated heterocycles. The first-order valence-electron chi connectivity index (χ1n) is 6.48. The van der Waals surface area contributed by atoms with Gasteiger partial charge in [0, 0.05) is 18.0 Å². The number of nitrogens with zero attached hydrogens (tertiary/aromatic N) is 2. The zero-order valence-electron chi connectivity index (χ0n) is 12.7. The number of aliphatic hydroxyl groups is 1. The maximum Gasteiger partial charge on any atom is 0.186 e. The van der Waals surface area contributed by atoms with Crippen molar-refractivity contribution < 1.29 is 5.11 Å². The van der Waals surface area contributed by atoms with Crippen molar-refractivity contribution in [3.05, 3.63) is 10.6 Å². The van der Waals surface area contributed by atoms with Crippen LogP contribution in [-0.2, 0) is 12.0 Å². The average Bonchev–Trinajstić information content (AvgIpc) is 2.71. The van der Waals surface area contributed by atoms with Crippen molar-refractivity contribution >= 4 is 16.5 Å². The normalized spacial score (nSPS) is 12.9. The molecule has 3 nitrogen and oxygen atoms in total. The molecule has 1 aromatic heterocycles. The fraction of sp³-hybridized carbons (Fsp3) is 0.786. The minimum Gasteiger partial charge on any atom is -0.391 e.